The second kappa shape index (κ2) is 4.50. The standard InChI is InChI=1S/C12H19N3O2/c1-8-3-4-10(13)11(15-8)14-7-12(16)5-6-17-9(12)2/h3-4,9,16H,5-7,13H2,1-2H3,(H,14,15). The lowest BCUT2D eigenvalue weighted by Crippen LogP contribution is -2.43. The Morgan fingerprint density at radius 3 is 3.06 bits per heavy atom. The number of ether oxygens (including phenoxy) is 1. The quantitative estimate of drug-likeness (QED) is 0.728. The molecule has 0 aliphatic carbocycles. The van der Waals surface area contributed by atoms with Gasteiger partial charge in [-0.15, -0.1) is 0 Å². The molecule has 0 amide bonds. The van der Waals surface area contributed by atoms with Crippen LogP contribution in [0.25, 0.3) is 0 Å². The van der Waals surface area contributed by atoms with E-state index in [4.69, 9.17) is 10.5 Å². The van der Waals surface area contributed by atoms with Crippen molar-refractivity contribution in [1.82, 2.24) is 4.98 Å². The van der Waals surface area contributed by atoms with Crippen LogP contribution >= 0.6 is 0 Å². The number of nitrogens with zero attached hydrogens (tertiary/aromatic N) is 1. The van der Waals surface area contributed by atoms with Gasteiger partial charge in [0, 0.05) is 25.3 Å². The van der Waals surface area contributed by atoms with Gasteiger partial charge >= 0.3 is 0 Å². The molecule has 0 spiro atoms. The number of rotatable bonds is 3. The molecule has 2 unspecified atom stereocenters. The summed E-state index contributed by atoms with van der Waals surface area (Å²) < 4.78 is 5.37. The Bertz CT molecular complexity index is 411. The number of nitrogen functional groups attached to an aromatic ring is 1. The van der Waals surface area contributed by atoms with Gasteiger partial charge in [-0.3, -0.25) is 0 Å². The van der Waals surface area contributed by atoms with Crippen molar-refractivity contribution in [3.8, 4) is 0 Å². The van der Waals surface area contributed by atoms with Crippen molar-refractivity contribution in [3.05, 3.63) is 17.8 Å². The molecule has 1 aromatic rings. The highest BCUT2D eigenvalue weighted by Gasteiger charge is 2.39. The molecule has 1 saturated heterocycles. The molecule has 2 heterocycles. The van der Waals surface area contributed by atoms with E-state index in [1.165, 1.54) is 0 Å². The molecule has 1 aromatic heterocycles. The van der Waals surface area contributed by atoms with Crippen molar-refractivity contribution in [2.75, 3.05) is 24.2 Å². The fraction of sp³-hybridized carbons (Fsp3) is 0.583. The van der Waals surface area contributed by atoms with Crippen molar-refractivity contribution in [1.29, 1.82) is 0 Å². The molecular weight excluding hydrogens is 218 g/mol. The summed E-state index contributed by atoms with van der Waals surface area (Å²) in [6.07, 6.45) is 0.466. The second-order valence-electron chi connectivity index (χ2n) is 4.61. The molecule has 2 rings (SSSR count). The Hall–Kier alpha value is -1.33. The maximum absolute atomic E-state index is 10.3. The highest BCUT2D eigenvalue weighted by molar-refractivity contribution is 5.61. The molecule has 0 radical (unpaired) electrons. The molecule has 0 bridgehead atoms. The van der Waals surface area contributed by atoms with E-state index in [-0.39, 0.29) is 6.10 Å². The van der Waals surface area contributed by atoms with Gasteiger partial charge in [0.15, 0.2) is 0 Å². The van der Waals surface area contributed by atoms with E-state index in [9.17, 15) is 5.11 Å². The molecule has 1 fully saturated rings. The summed E-state index contributed by atoms with van der Waals surface area (Å²) in [5.41, 5.74) is 6.46. The lowest BCUT2D eigenvalue weighted by molar-refractivity contribution is -0.0176. The minimum absolute atomic E-state index is 0.166. The molecule has 94 valence electrons. The van der Waals surface area contributed by atoms with E-state index in [1.807, 2.05) is 26.0 Å². The molecule has 4 N–H and O–H groups in total. The first-order valence-electron chi connectivity index (χ1n) is 5.82. The van der Waals surface area contributed by atoms with E-state index >= 15 is 0 Å². The van der Waals surface area contributed by atoms with Crippen LogP contribution in [0.3, 0.4) is 0 Å². The predicted octanol–water partition coefficient (Wildman–Crippen LogP) is 0.924. The Kier molecular flexibility index (Phi) is 3.22. The summed E-state index contributed by atoms with van der Waals surface area (Å²) >= 11 is 0. The molecule has 1 aliphatic rings. The number of anilines is 2. The highest BCUT2D eigenvalue weighted by Crippen LogP contribution is 2.26. The molecule has 0 aromatic carbocycles. The Balaban J connectivity index is 2.04. The highest BCUT2D eigenvalue weighted by atomic mass is 16.5. The van der Waals surface area contributed by atoms with Crippen LogP contribution in [0.2, 0.25) is 0 Å². The summed E-state index contributed by atoms with van der Waals surface area (Å²) in [5.74, 6) is 0.623. The summed E-state index contributed by atoms with van der Waals surface area (Å²) in [7, 11) is 0. The number of aryl methyl sites for hydroxylation is 1. The van der Waals surface area contributed by atoms with Crippen LogP contribution < -0.4 is 11.1 Å². The largest absolute Gasteiger partial charge is 0.396 e. The smallest absolute Gasteiger partial charge is 0.149 e. The number of nitrogens with one attached hydrogen (secondary N) is 1. The van der Waals surface area contributed by atoms with E-state index in [1.54, 1.807) is 0 Å². The Morgan fingerprint density at radius 2 is 2.41 bits per heavy atom. The Morgan fingerprint density at radius 1 is 1.65 bits per heavy atom. The topological polar surface area (TPSA) is 80.4 Å². The third-order valence-electron chi connectivity index (χ3n) is 3.29. The predicted molar refractivity (Wildman–Crippen MR) is 66.9 cm³/mol. The fourth-order valence-corrected chi connectivity index (χ4v) is 1.95. The Labute approximate surface area is 101 Å². The van der Waals surface area contributed by atoms with Crippen molar-refractivity contribution >= 4 is 11.5 Å². The van der Waals surface area contributed by atoms with Crippen molar-refractivity contribution in [2.24, 2.45) is 0 Å². The monoisotopic (exact) mass is 237 g/mol. The number of hydrogen-bond acceptors (Lipinski definition) is 5. The van der Waals surface area contributed by atoms with Gasteiger partial charge < -0.3 is 20.9 Å². The van der Waals surface area contributed by atoms with Gasteiger partial charge in [-0.1, -0.05) is 0 Å². The van der Waals surface area contributed by atoms with Crippen LogP contribution in [-0.4, -0.2) is 34.9 Å². The molecule has 0 saturated carbocycles. The zero-order valence-corrected chi connectivity index (χ0v) is 10.2. The van der Waals surface area contributed by atoms with Gasteiger partial charge in [-0.25, -0.2) is 4.98 Å². The van der Waals surface area contributed by atoms with Gasteiger partial charge in [0.2, 0.25) is 0 Å². The molecular formula is C12H19N3O2. The number of pyridine rings is 1. The minimum Gasteiger partial charge on any atom is -0.396 e. The van der Waals surface area contributed by atoms with Gasteiger partial charge in [0.25, 0.3) is 0 Å². The third kappa shape index (κ3) is 2.50. The molecule has 5 heteroatoms. The first-order valence-corrected chi connectivity index (χ1v) is 5.82. The molecule has 5 nitrogen and oxygen atoms in total. The normalized spacial score (nSPS) is 28.3. The second-order valence-corrected chi connectivity index (χ2v) is 4.61. The maximum Gasteiger partial charge on any atom is 0.149 e. The van der Waals surface area contributed by atoms with Crippen LogP contribution in [0.4, 0.5) is 11.5 Å². The minimum atomic E-state index is -0.835. The number of hydrogen-bond donors (Lipinski definition) is 3. The summed E-state index contributed by atoms with van der Waals surface area (Å²) in [6, 6.07) is 3.67. The zero-order valence-electron chi connectivity index (χ0n) is 10.2. The van der Waals surface area contributed by atoms with E-state index in [0.29, 0.717) is 31.1 Å². The third-order valence-corrected chi connectivity index (χ3v) is 3.29. The maximum atomic E-state index is 10.3. The van der Waals surface area contributed by atoms with E-state index in [0.717, 1.165) is 5.69 Å². The van der Waals surface area contributed by atoms with Crippen LogP contribution in [0.5, 0.6) is 0 Å². The first kappa shape index (κ1) is 12.1. The van der Waals surface area contributed by atoms with Crippen LogP contribution in [-0.2, 0) is 4.74 Å². The van der Waals surface area contributed by atoms with Crippen molar-refractivity contribution in [2.45, 2.75) is 32.0 Å². The van der Waals surface area contributed by atoms with Crippen LogP contribution in [0.1, 0.15) is 19.0 Å². The van der Waals surface area contributed by atoms with E-state index in [2.05, 4.69) is 10.3 Å². The molecule has 2 atom stereocenters. The van der Waals surface area contributed by atoms with Crippen LogP contribution in [0.15, 0.2) is 12.1 Å². The first-order chi connectivity index (χ1) is 8.01. The fourth-order valence-electron chi connectivity index (χ4n) is 1.95. The zero-order chi connectivity index (χ0) is 12.5. The average molecular weight is 237 g/mol. The van der Waals surface area contributed by atoms with E-state index < -0.39 is 5.60 Å². The lowest BCUT2D eigenvalue weighted by Gasteiger charge is -2.26. The molecule has 1 aliphatic heterocycles. The van der Waals surface area contributed by atoms with Crippen LogP contribution in [0, 0.1) is 6.92 Å². The SMILES string of the molecule is Cc1ccc(N)c(NCC2(O)CCOC2C)n1. The van der Waals surface area contributed by atoms with Gasteiger partial charge in [-0.2, -0.15) is 0 Å². The van der Waals surface area contributed by atoms with Crippen molar-refractivity contribution < 1.29 is 9.84 Å². The average Bonchev–Trinajstić information content (AvgIpc) is 2.61. The van der Waals surface area contributed by atoms with Gasteiger partial charge in [-0.05, 0) is 26.0 Å². The number of aromatic nitrogens is 1. The summed E-state index contributed by atoms with van der Waals surface area (Å²) in [5, 5.41) is 13.4. The van der Waals surface area contributed by atoms with Gasteiger partial charge in [0.05, 0.1) is 11.8 Å². The van der Waals surface area contributed by atoms with Crippen molar-refractivity contribution in [3.63, 3.8) is 0 Å². The summed E-state index contributed by atoms with van der Waals surface area (Å²) in [4.78, 5) is 4.30. The number of nitrogens with two attached hydrogens (primary N) is 1. The molecule has 17 heavy (non-hydrogen) atoms. The number of aliphatic hydroxyl groups is 1. The summed E-state index contributed by atoms with van der Waals surface area (Å²) in [6.45, 7) is 4.77. The lowest BCUT2D eigenvalue weighted by atomic mass is 9.97. The van der Waals surface area contributed by atoms with Gasteiger partial charge in [0.1, 0.15) is 11.4 Å².